The number of hydrogen-bond acceptors (Lipinski definition) is 6. The number of carbonyl (C=O) groups excluding carboxylic acids is 2. The highest BCUT2D eigenvalue weighted by molar-refractivity contribution is 5.79. The van der Waals surface area contributed by atoms with Crippen LogP contribution in [0.1, 0.15) is 23.5 Å². The van der Waals surface area contributed by atoms with Crippen molar-refractivity contribution < 1.29 is 33.7 Å². The van der Waals surface area contributed by atoms with Gasteiger partial charge < -0.3 is 30.0 Å². The fourth-order valence-corrected chi connectivity index (χ4v) is 3.75. The molecule has 3 rings (SSSR count). The molecule has 3 N–H and O–H groups in total. The lowest BCUT2D eigenvalue weighted by atomic mass is 9.98. The van der Waals surface area contributed by atoms with Gasteiger partial charge in [0.1, 0.15) is 13.2 Å². The Bertz CT molecular complexity index is 933. The highest BCUT2D eigenvalue weighted by Gasteiger charge is 2.28. The number of ether oxygens (including phenoxy) is 3. The van der Waals surface area contributed by atoms with Crippen LogP contribution >= 0.6 is 0 Å². The zero-order valence-corrected chi connectivity index (χ0v) is 18.4. The smallest absolute Gasteiger partial charge is 0.407 e. The molecule has 0 saturated carbocycles. The highest BCUT2D eigenvalue weighted by Crippen LogP contribution is 2.44. The standard InChI is InChI=1S/C24H28N2O7/c1-31-16(12-23(28)29)13-26-22(27)15-32-11-10-25-24(30)33-14-21-19-8-4-2-6-17(19)18-7-3-5-9-20(18)21/h2-9,16,21H,10-15H2,1H3,(H,25,30)(H,26,27)(H,28,29). The molecule has 9 heteroatoms. The molecule has 2 aromatic rings. The topological polar surface area (TPSA) is 123 Å². The molecule has 0 radical (unpaired) electrons. The van der Waals surface area contributed by atoms with Gasteiger partial charge in [-0.3, -0.25) is 9.59 Å². The van der Waals surface area contributed by atoms with Gasteiger partial charge in [0.25, 0.3) is 0 Å². The zero-order valence-electron chi connectivity index (χ0n) is 18.4. The van der Waals surface area contributed by atoms with E-state index in [4.69, 9.17) is 19.3 Å². The van der Waals surface area contributed by atoms with Gasteiger partial charge in [0.2, 0.25) is 5.91 Å². The summed E-state index contributed by atoms with van der Waals surface area (Å²) in [5.41, 5.74) is 4.60. The lowest BCUT2D eigenvalue weighted by molar-refractivity contribution is -0.140. The maximum Gasteiger partial charge on any atom is 0.407 e. The number of nitrogens with one attached hydrogen (secondary N) is 2. The van der Waals surface area contributed by atoms with Crippen molar-refractivity contribution in [2.24, 2.45) is 0 Å². The van der Waals surface area contributed by atoms with Crippen LogP contribution in [0.15, 0.2) is 48.5 Å². The van der Waals surface area contributed by atoms with Crippen LogP contribution in [0, 0.1) is 0 Å². The molecule has 0 bridgehead atoms. The molecule has 0 saturated heterocycles. The van der Waals surface area contributed by atoms with Crippen LogP contribution in [0.2, 0.25) is 0 Å². The van der Waals surface area contributed by atoms with Crippen molar-refractivity contribution in [1.82, 2.24) is 10.6 Å². The number of carboxylic acid groups (broad SMARTS) is 1. The van der Waals surface area contributed by atoms with Crippen LogP contribution in [0.4, 0.5) is 4.79 Å². The summed E-state index contributed by atoms with van der Waals surface area (Å²) in [5, 5.41) is 13.9. The van der Waals surface area contributed by atoms with Crippen molar-refractivity contribution in [2.75, 3.05) is 40.0 Å². The van der Waals surface area contributed by atoms with Crippen LogP contribution in [0.25, 0.3) is 11.1 Å². The van der Waals surface area contributed by atoms with E-state index in [0.29, 0.717) is 0 Å². The molecule has 33 heavy (non-hydrogen) atoms. The molecule has 0 aliphatic heterocycles. The number of alkyl carbamates (subject to hydrolysis) is 1. The Labute approximate surface area is 192 Å². The number of benzene rings is 2. The van der Waals surface area contributed by atoms with Crippen molar-refractivity contribution in [2.45, 2.75) is 18.4 Å². The molecule has 0 aromatic heterocycles. The van der Waals surface area contributed by atoms with Gasteiger partial charge in [-0.05, 0) is 22.3 Å². The molecule has 0 heterocycles. The van der Waals surface area contributed by atoms with Crippen molar-refractivity contribution in [1.29, 1.82) is 0 Å². The predicted octanol–water partition coefficient (Wildman–Crippen LogP) is 2.15. The highest BCUT2D eigenvalue weighted by atomic mass is 16.5. The maximum atomic E-state index is 12.1. The summed E-state index contributed by atoms with van der Waals surface area (Å²) in [6.45, 7) is 0.392. The third-order valence-electron chi connectivity index (χ3n) is 5.36. The Balaban J connectivity index is 1.33. The number of carboxylic acids is 1. The minimum atomic E-state index is -1.01. The summed E-state index contributed by atoms with van der Waals surface area (Å²) in [6, 6.07) is 16.2. The molecule has 1 aliphatic rings. The number of amides is 2. The van der Waals surface area contributed by atoms with E-state index in [1.807, 2.05) is 24.3 Å². The van der Waals surface area contributed by atoms with Crippen LogP contribution in [0.5, 0.6) is 0 Å². The fourth-order valence-electron chi connectivity index (χ4n) is 3.75. The molecular weight excluding hydrogens is 428 g/mol. The first-order valence-corrected chi connectivity index (χ1v) is 10.7. The lowest BCUT2D eigenvalue weighted by Gasteiger charge is -2.15. The normalized spacial score (nSPS) is 13.0. The summed E-state index contributed by atoms with van der Waals surface area (Å²) >= 11 is 0. The number of hydrogen-bond donors (Lipinski definition) is 3. The second kappa shape index (κ2) is 12.0. The molecule has 2 aromatic carbocycles. The van der Waals surface area contributed by atoms with E-state index in [0.717, 1.165) is 22.3 Å². The molecule has 176 valence electrons. The molecule has 1 aliphatic carbocycles. The minimum Gasteiger partial charge on any atom is -0.481 e. The van der Waals surface area contributed by atoms with Gasteiger partial charge >= 0.3 is 12.1 Å². The Morgan fingerprint density at radius 1 is 1.00 bits per heavy atom. The minimum absolute atomic E-state index is 0.0138. The Kier molecular flexibility index (Phi) is 8.79. The molecule has 1 unspecified atom stereocenters. The fraction of sp³-hybridized carbons (Fsp3) is 0.375. The van der Waals surface area contributed by atoms with Gasteiger partial charge in [-0.25, -0.2) is 4.79 Å². The van der Waals surface area contributed by atoms with Gasteiger partial charge in [-0.1, -0.05) is 48.5 Å². The Morgan fingerprint density at radius 2 is 1.64 bits per heavy atom. The number of fused-ring (bicyclic) bond motifs is 3. The van der Waals surface area contributed by atoms with Crippen LogP contribution < -0.4 is 10.6 Å². The predicted molar refractivity (Wildman–Crippen MR) is 120 cm³/mol. The molecule has 0 fully saturated rings. The van der Waals surface area contributed by atoms with E-state index in [9.17, 15) is 14.4 Å². The number of rotatable bonds is 12. The zero-order chi connectivity index (χ0) is 23.6. The third kappa shape index (κ3) is 6.77. The van der Waals surface area contributed by atoms with E-state index >= 15 is 0 Å². The molecule has 9 nitrogen and oxygen atoms in total. The van der Waals surface area contributed by atoms with Crippen LogP contribution in [-0.2, 0) is 23.8 Å². The average molecular weight is 456 g/mol. The van der Waals surface area contributed by atoms with Gasteiger partial charge in [0.05, 0.1) is 19.1 Å². The summed E-state index contributed by atoms with van der Waals surface area (Å²) in [5.74, 6) is -1.42. The molecule has 2 amide bonds. The van der Waals surface area contributed by atoms with Crippen molar-refractivity contribution in [3.8, 4) is 11.1 Å². The monoisotopic (exact) mass is 456 g/mol. The van der Waals surface area contributed by atoms with E-state index < -0.39 is 24.1 Å². The van der Waals surface area contributed by atoms with Gasteiger partial charge in [-0.15, -0.1) is 0 Å². The first-order chi connectivity index (χ1) is 16.0. The third-order valence-corrected chi connectivity index (χ3v) is 5.36. The van der Waals surface area contributed by atoms with Crippen molar-refractivity contribution >= 4 is 18.0 Å². The van der Waals surface area contributed by atoms with E-state index in [1.54, 1.807) is 0 Å². The van der Waals surface area contributed by atoms with Gasteiger partial charge in [0, 0.05) is 26.1 Å². The SMILES string of the molecule is COC(CNC(=O)COCCNC(=O)OCC1c2ccccc2-c2ccccc21)CC(=O)O. The van der Waals surface area contributed by atoms with E-state index in [1.165, 1.54) is 7.11 Å². The van der Waals surface area contributed by atoms with Crippen molar-refractivity contribution in [3.05, 3.63) is 59.7 Å². The van der Waals surface area contributed by atoms with E-state index in [-0.39, 0.29) is 45.2 Å². The van der Waals surface area contributed by atoms with Gasteiger partial charge in [0.15, 0.2) is 0 Å². The first-order valence-electron chi connectivity index (χ1n) is 10.7. The number of aliphatic carboxylic acids is 1. The summed E-state index contributed by atoms with van der Waals surface area (Å²) in [6.07, 6.45) is -1.37. The molecular formula is C24H28N2O7. The quantitative estimate of drug-likeness (QED) is 0.418. The Morgan fingerprint density at radius 3 is 2.24 bits per heavy atom. The van der Waals surface area contributed by atoms with Crippen LogP contribution in [0.3, 0.4) is 0 Å². The average Bonchev–Trinajstić information content (AvgIpc) is 3.13. The summed E-state index contributed by atoms with van der Waals surface area (Å²) < 4.78 is 15.6. The molecule has 1 atom stereocenters. The lowest BCUT2D eigenvalue weighted by Crippen LogP contribution is -2.37. The van der Waals surface area contributed by atoms with Crippen LogP contribution in [-0.4, -0.2) is 69.2 Å². The second-order valence-electron chi connectivity index (χ2n) is 7.56. The summed E-state index contributed by atoms with van der Waals surface area (Å²) in [7, 11) is 1.38. The first kappa shape index (κ1) is 24.2. The van der Waals surface area contributed by atoms with E-state index in [2.05, 4.69) is 34.9 Å². The van der Waals surface area contributed by atoms with Crippen molar-refractivity contribution in [3.63, 3.8) is 0 Å². The number of carbonyl (C=O) groups is 3. The molecule has 0 spiro atoms. The number of methoxy groups -OCH3 is 1. The largest absolute Gasteiger partial charge is 0.481 e. The summed E-state index contributed by atoms with van der Waals surface area (Å²) in [4.78, 5) is 34.5. The Hall–Kier alpha value is -3.43. The maximum absolute atomic E-state index is 12.1. The van der Waals surface area contributed by atoms with Gasteiger partial charge in [-0.2, -0.15) is 0 Å². The second-order valence-corrected chi connectivity index (χ2v) is 7.56.